The molecule has 0 aromatic carbocycles. The van der Waals surface area contributed by atoms with Crippen LogP contribution in [0.3, 0.4) is 0 Å². The molecule has 4 atom stereocenters. The Bertz CT molecular complexity index is 151. The van der Waals surface area contributed by atoms with E-state index in [1.807, 2.05) is 13.8 Å². The molecule has 1 saturated heterocycles. The first-order chi connectivity index (χ1) is 5.57. The van der Waals surface area contributed by atoms with Crippen LogP contribution in [0, 0.1) is 5.92 Å². The molecule has 0 spiro atoms. The highest BCUT2D eigenvalue weighted by Crippen LogP contribution is 2.28. The molecule has 1 fully saturated rings. The van der Waals surface area contributed by atoms with Crippen LogP contribution in [0.15, 0.2) is 0 Å². The van der Waals surface area contributed by atoms with Crippen LogP contribution in [0.5, 0.6) is 0 Å². The minimum atomic E-state index is -1.37. The van der Waals surface area contributed by atoms with Crippen molar-refractivity contribution < 1.29 is 19.3 Å². The third-order valence-corrected chi connectivity index (χ3v) is 2.19. The summed E-state index contributed by atoms with van der Waals surface area (Å²) in [5.74, 6) is 0.0196. The first-order valence-electron chi connectivity index (χ1n) is 4.16. The summed E-state index contributed by atoms with van der Waals surface area (Å²) in [5, 5.41) is 17.9. The fourth-order valence-electron chi connectivity index (χ4n) is 1.43. The predicted octanol–water partition coefficient (Wildman–Crippen LogP) is 0.101. The molecular weight excluding hydrogens is 163 g/mol. The molecule has 1 heterocycles. The molecular formula is C8H15FO3. The van der Waals surface area contributed by atoms with Gasteiger partial charge in [-0.3, -0.25) is 0 Å². The van der Waals surface area contributed by atoms with Crippen LogP contribution in [0.25, 0.3) is 0 Å². The Morgan fingerprint density at radius 2 is 2.08 bits per heavy atom. The average Bonchev–Trinajstić information content (AvgIpc) is 2.30. The molecule has 2 N–H and O–H groups in total. The number of rotatable bonds is 2. The number of alkyl halides is 1. The van der Waals surface area contributed by atoms with Crippen molar-refractivity contribution in [3.63, 3.8) is 0 Å². The molecule has 0 unspecified atom stereocenters. The van der Waals surface area contributed by atoms with Gasteiger partial charge in [-0.05, 0) is 5.92 Å². The van der Waals surface area contributed by atoms with Crippen molar-refractivity contribution >= 4 is 0 Å². The van der Waals surface area contributed by atoms with Gasteiger partial charge in [0.05, 0.1) is 12.7 Å². The summed E-state index contributed by atoms with van der Waals surface area (Å²) in [6, 6.07) is 0. The van der Waals surface area contributed by atoms with Gasteiger partial charge in [-0.15, -0.1) is 0 Å². The summed E-state index contributed by atoms with van der Waals surface area (Å²) in [6.07, 6.45) is -3.89. The Balaban J connectivity index is 2.60. The van der Waals surface area contributed by atoms with Gasteiger partial charge in [0.15, 0.2) is 6.17 Å². The SMILES string of the molecule is CC(C)[C@@H]1O[C@H](CO)[C@@H](O)[C@H]1F. The zero-order valence-electron chi connectivity index (χ0n) is 7.27. The van der Waals surface area contributed by atoms with Crippen LogP contribution >= 0.6 is 0 Å². The van der Waals surface area contributed by atoms with E-state index >= 15 is 0 Å². The summed E-state index contributed by atoms with van der Waals surface area (Å²) < 4.78 is 18.3. The lowest BCUT2D eigenvalue weighted by Gasteiger charge is -2.16. The highest BCUT2D eigenvalue weighted by atomic mass is 19.1. The lowest BCUT2D eigenvalue weighted by Crippen LogP contribution is -2.32. The van der Waals surface area contributed by atoms with Gasteiger partial charge in [-0.1, -0.05) is 13.8 Å². The van der Waals surface area contributed by atoms with Crippen LogP contribution < -0.4 is 0 Å². The molecule has 0 bridgehead atoms. The Kier molecular flexibility index (Phi) is 3.04. The van der Waals surface area contributed by atoms with Crippen molar-refractivity contribution in [3.05, 3.63) is 0 Å². The van der Waals surface area contributed by atoms with E-state index < -0.39 is 24.5 Å². The minimum absolute atomic E-state index is 0.0196. The summed E-state index contributed by atoms with van der Waals surface area (Å²) in [4.78, 5) is 0. The van der Waals surface area contributed by atoms with Crippen molar-refractivity contribution in [2.24, 2.45) is 5.92 Å². The summed E-state index contributed by atoms with van der Waals surface area (Å²) in [6.45, 7) is 3.32. The van der Waals surface area contributed by atoms with Crippen LogP contribution in [0.2, 0.25) is 0 Å². The second-order valence-corrected chi connectivity index (χ2v) is 3.50. The standard InChI is InChI=1S/C8H15FO3/c1-4(2)8-6(9)7(11)5(3-10)12-8/h4-8,10-11H,3H2,1-2H3/t5-,6-,7-,8+/m1/s1. The van der Waals surface area contributed by atoms with Crippen LogP contribution in [0.1, 0.15) is 13.8 Å². The van der Waals surface area contributed by atoms with Crippen LogP contribution in [-0.2, 0) is 4.74 Å². The zero-order valence-corrected chi connectivity index (χ0v) is 7.27. The molecule has 0 aromatic rings. The largest absolute Gasteiger partial charge is 0.394 e. The van der Waals surface area contributed by atoms with E-state index in [0.717, 1.165) is 0 Å². The van der Waals surface area contributed by atoms with Gasteiger partial charge in [0.1, 0.15) is 12.2 Å². The molecule has 1 rings (SSSR count). The number of hydrogen-bond acceptors (Lipinski definition) is 3. The Morgan fingerprint density at radius 3 is 2.33 bits per heavy atom. The number of ether oxygens (including phenoxy) is 1. The number of halogens is 1. The fourth-order valence-corrected chi connectivity index (χ4v) is 1.43. The first-order valence-corrected chi connectivity index (χ1v) is 4.16. The van der Waals surface area contributed by atoms with Gasteiger partial charge in [-0.2, -0.15) is 0 Å². The summed E-state index contributed by atoms with van der Waals surface area (Å²) >= 11 is 0. The highest BCUT2D eigenvalue weighted by molar-refractivity contribution is 4.91. The van der Waals surface area contributed by atoms with E-state index in [1.165, 1.54) is 0 Å². The van der Waals surface area contributed by atoms with Gasteiger partial charge in [0.25, 0.3) is 0 Å². The van der Waals surface area contributed by atoms with Gasteiger partial charge >= 0.3 is 0 Å². The molecule has 0 amide bonds. The van der Waals surface area contributed by atoms with Gasteiger partial charge in [0, 0.05) is 0 Å². The van der Waals surface area contributed by atoms with Gasteiger partial charge < -0.3 is 14.9 Å². The second-order valence-electron chi connectivity index (χ2n) is 3.50. The van der Waals surface area contributed by atoms with E-state index in [-0.39, 0.29) is 12.5 Å². The van der Waals surface area contributed by atoms with Crippen molar-refractivity contribution in [3.8, 4) is 0 Å². The number of aliphatic hydroxyl groups is 2. The Hall–Kier alpha value is -0.190. The second kappa shape index (κ2) is 3.68. The lowest BCUT2D eigenvalue weighted by molar-refractivity contribution is -0.0346. The average molecular weight is 178 g/mol. The molecule has 0 saturated carbocycles. The van der Waals surface area contributed by atoms with Gasteiger partial charge in [0.2, 0.25) is 0 Å². The first kappa shape index (κ1) is 9.89. The molecule has 0 aliphatic carbocycles. The monoisotopic (exact) mass is 178 g/mol. The molecule has 12 heavy (non-hydrogen) atoms. The third-order valence-electron chi connectivity index (χ3n) is 2.19. The van der Waals surface area contributed by atoms with E-state index in [9.17, 15) is 9.50 Å². The minimum Gasteiger partial charge on any atom is -0.394 e. The fraction of sp³-hybridized carbons (Fsp3) is 1.00. The van der Waals surface area contributed by atoms with Gasteiger partial charge in [-0.25, -0.2) is 4.39 Å². The molecule has 1 aliphatic heterocycles. The maximum absolute atomic E-state index is 13.2. The Labute approximate surface area is 71.2 Å². The Morgan fingerprint density at radius 1 is 1.50 bits per heavy atom. The van der Waals surface area contributed by atoms with E-state index in [0.29, 0.717) is 0 Å². The highest BCUT2D eigenvalue weighted by Gasteiger charge is 2.44. The van der Waals surface area contributed by atoms with E-state index in [1.54, 1.807) is 0 Å². The molecule has 72 valence electrons. The molecule has 0 aromatic heterocycles. The van der Waals surface area contributed by atoms with E-state index in [2.05, 4.69) is 0 Å². The maximum atomic E-state index is 13.2. The quantitative estimate of drug-likeness (QED) is 0.630. The smallest absolute Gasteiger partial charge is 0.155 e. The molecule has 0 radical (unpaired) electrons. The number of aliphatic hydroxyl groups excluding tert-OH is 2. The van der Waals surface area contributed by atoms with Crippen molar-refractivity contribution in [1.82, 2.24) is 0 Å². The van der Waals surface area contributed by atoms with Crippen LogP contribution in [0.4, 0.5) is 4.39 Å². The van der Waals surface area contributed by atoms with Crippen molar-refractivity contribution in [2.45, 2.75) is 38.3 Å². The normalized spacial score (nSPS) is 42.5. The number of hydrogen-bond donors (Lipinski definition) is 2. The maximum Gasteiger partial charge on any atom is 0.155 e. The summed E-state index contributed by atoms with van der Waals surface area (Å²) in [5.41, 5.74) is 0. The molecule has 1 aliphatic rings. The lowest BCUT2D eigenvalue weighted by atomic mass is 10.0. The topological polar surface area (TPSA) is 49.7 Å². The molecule has 3 nitrogen and oxygen atoms in total. The van der Waals surface area contributed by atoms with Crippen molar-refractivity contribution in [1.29, 1.82) is 0 Å². The van der Waals surface area contributed by atoms with Crippen LogP contribution in [-0.4, -0.2) is 41.3 Å². The van der Waals surface area contributed by atoms with Crippen molar-refractivity contribution in [2.75, 3.05) is 6.61 Å². The third kappa shape index (κ3) is 1.60. The zero-order chi connectivity index (χ0) is 9.30. The summed E-state index contributed by atoms with van der Waals surface area (Å²) in [7, 11) is 0. The van der Waals surface area contributed by atoms with E-state index in [4.69, 9.17) is 9.84 Å². The predicted molar refractivity (Wildman–Crippen MR) is 41.5 cm³/mol. The molecule has 4 heteroatoms.